The van der Waals surface area contributed by atoms with E-state index < -0.39 is 0 Å². The van der Waals surface area contributed by atoms with Crippen LogP contribution in [0.15, 0.2) is 4.52 Å². The Labute approximate surface area is 76.0 Å². The number of hydrogen-bond acceptors (Lipinski definition) is 5. The van der Waals surface area contributed by atoms with Crippen LogP contribution in [0.1, 0.15) is 18.2 Å². The molecule has 1 aliphatic carbocycles. The average Bonchev–Trinajstić information content (AvgIpc) is 2.73. The zero-order valence-electron chi connectivity index (χ0n) is 7.56. The van der Waals surface area contributed by atoms with Crippen LogP contribution in [-0.2, 0) is 0 Å². The molecule has 0 N–H and O–H groups in total. The van der Waals surface area contributed by atoms with Crippen LogP contribution in [0.4, 0.5) is 5.95 Å². The lowest BCUT2D eigenvalue weighted by atomic mass is 10.3. The van der Waals surface area contributed by atoms with E-state index in [1.54, 1.807) is 4.90 Å². The molecule has 1 aromatic heterocycles. The van der Waals surface area contributed by atoms with Crippen LogP contribution in [0.5, 0.6) is 0 Å². The summed E-state index contributed by atoms with van der Waals surface area (Å²) in [5.41, 5.74) is 0. The molecule has 0 aliphatic heterocycles. The number of nitriles is 1. The normalized spacial score (nSPS) is 25.3. The molecule has 0 amide bonds. The highest BCUT2D eigenvalue weighted by Crippen LogP contribution is 2.46. The highest BCUT2D eigenvalue weighted by molar-refractivity contribution is 5.26. The standard InChI is InChI=1S/C8H10N4O/c1-12(2)8-10-7(13-11-8)6-3-5(6)4-9/h5-6H,3H2,1-2H3. The summed E-state index contributed by atoms with van der Waals surface area (Å²) in [4.78, 5) is 5.94. The summed E-state index contributed by atoms with van der Waals surface area (Å²) in [6.45, 7) is 0. The van der Waals surface area contributed by atoms with E-state index in [0.29, 0.717) is 11.8 Å². The van der Waals surface area contributed by atoms with Crippen molar-refractivity contribution in [1.82, 2.24) is 10.1 Å². The highest BCUT2D eigenvalue weighted by atomic mass is 16.5. The Morgan fingerprint density at radius 3 is 2.85 bits per heavy atom. The van der Waals surface area contributed by atoms with Crippen molar-refractivity contribution in [3.05, 3.63) is 5.89 Å². The van der Waals surface area contributed by atoms with E-state index in [-0.39, 0.29) is 11.8 Å². The molecule has 2 rings (SSSR count). The first kappa shape index (κ1) is 8.05. The van der Waals surface area contributed by atoms with Gasteiger partial charge in [0.05, 0.1) is 17.9 Å². The van der Waals surface area contributed by atoms with Crippen molar-refractivity contribution in [2.75, 3.05) is 19.0 Å². The molecular formula is C8H10N4O. The van der Waals surface area contributed by atoms with Crippen molar-refractivity contribution >= 4 is 5.95 Å². The predicted molar refractivity (Wildman–Crippen MR) is 45.1 cm³/mol. The van der Waals surface area contributed by atoms with Gasteiger partial charge in [0.2, 0.25) is 5.89 Å². The predicted octanol–water partition coefficient (Wildman–Crippen LogP) is 0.763. The molecule has 1 aliphatic rings. The topological polar surface area (TPSA) is 66.0 Å². The Morgan fingerprint density at radius 2 is 2.38 bits per heavy atom. The van der Waals surface area contributed by atoms with E-state index in [9.17, 15) is 0 Å². The fourth-order valence-corrected chi connectivity index (χ4v) is 1.17. The van der Waals surface area contributed by atoms with Crippen molar-refractivity contribution in [2.45, 2.75) is 12.3 Å². The molecule has 1 aromatic rings. The molecule has 0 spiro atoms. The number of aromatic nitrogens is 2. The van der Waals surface area contributed by atoms with E-state index in [0.717, 1.165) is 6.42 Å². The minimum atomic E-state index is 0.0791. The maximum Gasteiger partial charge on any atom is 0.265 e. The van der Waals surface area contributed by atoms with Gasteiger partial charge in [0.15, 0.2) is 0 Å². The summed E-state index contributed by atoms with van der Waals surface area (Å²) in [5.74, 6) is 1.41. The van der Waals surface area contributed by atoms with Gasteiger partial charge in [-0.2, -0.15) is 10.2 Å². The van der Waals surface area contributed by atoms with Crippen molar-refractivity contribution in [2.24, 2.45) is 5.92 Å². The molecular weight excluding hydrogens is 168 g/mol. The zero-order chi connectivity index (χ0) is 9.42. The second kappa shape index (κ2) is 2.73. The number of rotatable bonds is 2. The molecule has 68 valence electrons. The molecule has 0 bridgehead atoms. The van der Waals surface area contributed by atoms with Crippen molar-refractivity contribution in [3.8, 4) is 6.07 Å². The molecule has 1 heterocycles. The van der Waals surface area contributed by atoms with Gasteiger partial charge < -0.3 is 9.42 Å². The molecule has 2 atom stereocenters. The van der Waals surface area contributed by atoms with E-state index in [1.165, 1.54) is 0 Å². The maximum absolute atomic E-state index is 8.60. The first-order valence-electron chi connectivity index (χ1n) is 4.13. The van der Waals surface area contributed by atoms with Crippen molar-refractivity contribution in [1.29, 1.82) is 5.26 Å². The summed E-state index contributed by atoms with van der Waals surface area (Å²) in [7, 11) is 3.70. The van der Waals surface area contributed by atoms with Gasteiger partial charge in [-0.1, -0.05) is 0 Å². The maximum atomic E-state index is 8.60. The quantitative estimate of drug-likeness (QED) is 0.669. The lowest BCUT2D eigenvalue weighted by Crippen LogP contribution is -2.10. The van der Waals surface area contributed by atoms with Crippen LogP contribution in [0.25, 0.3) is 0 Å². The minimum absolute atomic E-state index is 0.0791. The third-order valence-electron chi connectivity index (χ3n) is 2.10. The first-order chi connectivity index (χ1) is 6.22. The van der Waals surface area contributed by atoms with Crippen molar-refractivity contribution in [3.63, 3.8) is 0 Å². The van der Waals surface area contributed by atoms with Crippen LogP contribution < -0.4 is 4.90 Å². The highest BCUT2D eigenvalue weighted by Gasteiger charge is 2.43. The van der Waals surface area contributed by atoms with Gasteiger partial charge in [0, 0.05) is 14.1 Å². The van der Waals surface area contributed by atoms with Gasteiger partial charge >= 0.3 is 0 Å². The van der Waals surface area contributed by atoms with E-state index >= 15 is 0 Å². The molecule has 2 unspecified atom stereocenters. The monoisotopic (exact) mass is 178 g/mol. The Hall–Kier alpha value is -1.57. The Bertz CT molecular complexity index is 351. The van der Waals surface area contributed by atoms with Crippen LogP contribution in [0.3, 0.4) is 0 Å². The second-order valence-corrected chi connectivity index (χ2v) is 3.40. The van der Waals surface area contributed by atoms with Gasteiger partial charge in [-0.05, 0) is 11.6 Å². The second-order valence-electron chi connectivity index (χ2n) is 3.40. The van der Waals surface area contributed by atoms with Gasteiger partial charge in [-0.25, -0.2) is 0 Å². The van der Waals surface area contributed by atoms with Gasteiger partial charge in [0.25, 0.3) is 5.95 Å². The summed E-state index contributed by atoms with van der Waals surface area (Å²) in [5, 5.41) is 12.4. The number of anilines is 1. The number of nitrogens with zero attached hydrogens (tertiary/aromatic N) is 4. The summed E-state index contributed by atoms with van der Waals surface area (Å²) in [6.07, 6.45) is 0.853. The lowest BCUT2D eigenvalue weighted by Gasteiger charge is -2.02. The third kappa shape index (κ3) is 1.35. The Morgan fingerprint density at radius 1 is 1.62 bits per heavy atom. The third-order valence-corrected chi connectivity index (χ3v) is 2.10. The molecule has 1 fully saturated rings. The van der Waals surface area contributed by atoms with Crippen LogP contribution in [0.2, 0.25) is 0 Å². The van der Waals surface area contributed by atoms with Crippen molar-refractivity contribution < 1.29 is 4.52 Å². The Kier molecular flexibility index (Phi) is 1.69. The fraction of sp³-hybridized carbons (Fsp3) is 0.625. The SMILES string of the molecule is CN(C)c1noc(C2CC2C#N)n1. The van der Waals surface area contributed by atoms with Crippen LogP contribution in [-0.4, -0.2) is 24.2 Å². The zero-order valence-corrected chi connectivity index (χ0v) is 7.56. The minimum Gasteiger partial charge on any atom is -0.344 e. The Balaban J connectivity index is 2.12. The lowest BCUT2D eigenvalue weighted by molar-refractivity contribution is 0.377. The summed E-state index contributed by atoms with van der Waals surface area (Å²) < 4.78 is 5.03. The van der Waals surface area contributed by atoms with Gasteiger partial charge in [-0.3, -0.25) is 0 Å². The first-order valence-corrected chi connectivity index (χ1v) is 4.13. The van der Waals surface area contributed by atoms with Gasteiger partial charge in [0.1, 0.15) is 0 Å². The number of hydrogen-bond donors (Lipinski definition) is 0. The largest absolute Gasteiger partial charge is 0.344 e. The fourth-order valence-electron chi connectivity index (χ4n) is 1.17. The molecule has 13 heavy (non-hydrogen) atoms. The molecule has 0 aromatic carbocycles. The summed E-state index contributed by atoms with van der Waals surface area (Å²) in [6, 6.07) is 2.18. The van der Waals surface area contributed by atoms with Crippen LogP contribution in [0, 0.1) is 17.2 Å². The summed E-state index contributed by atoms with van der Waals surface area (Å²) >= 11 is 0. The van der Waals surface area contributed by atoms with E-state index in [1.807, 2.05) is 14.1 Å². The van der Waals surface area contributed by atoms with Gasteiger partial charge in [-0.15, -0.1) is 0 Å². The molecule has 5 nitrogen and oxygen atoms in total. The van der Waals surface area contributed by atoms with E-state index in [4.69, 9.17) is 9.78 Å². The average molecular weight is 178 g/mol. The smallest absolute Gasteiger partial charge is 0.265 e. The van der Waals surface area contributed by atoms with Crippen LogP contribution >= 0.6 is 0 Å². The molecule has 5 heteroatoms. The molecule has 1 saturated carbocycles. The molecule has 0 radical (unpaired) electrons. The van der Waals surface area contributed by atoms with E-state index in [2.05, 4.69) is 16.2 Å². The molecule has 0 saturated heterocycles.